The molecule has 0 bridgehead atoms. The number of hydrogen-bond donors (Lipinski definition) is 4. The van der Waals surface area contributed by atoms with Gasteiger partial charge in [-0.2, -0.15) is 0 Å². The Morgan fingerprint density at radius 2 is 1.64 bits per heavy atom. The first-order valence-corrected chi connectivity index (χ1v) is 13.7. The predicted octanol–water partition coefficient (Wildman–Crippen LogP) is 6.57. The Hall–Kier alpha value is -2.01. The van der Waals surface area contributed by atoms with Crippen LogP contribution in [0.3, 0.4) is 0 Å². The molecule has 4 aliphatic rings. The lowest BCUT2D eigenvalue weighted by molar-refractivity contribution is -0.177. The molecule has 1 aromatic rings. The Kier molecular flexibility index (Phi) is 5.36. The lowest BCUT2D eigenvalue weighted by atomic mass is 9.34. The summed E-state index contributed by atoms with van der Waals surface area (Å²) in [6.45, 7) is 15.0. The third-order valence-electron chi connectivity index (χ3n) is 12.2. The van der Waals surface area contributed by atoms with Crippen LogP contribution in [0, 0.1) is 34.5 Å². The number of aliphatic hydroxyl groups is 1. The van der Waals surface area contributed by atoms with E-state index in [1.165, 1.54) is 5.57 Å². The van der Waals surface area contributed by atoms with E-state index < -0.39 is 17.5 Å². The summed E-state index contributed by atoms with van der Waals surface area (Å²) in [6, 6.07) is 1.74. The highest BCUT2D eigenvalue weighted by Gasteiger charge is 2.67. The highest BCUT2D eigenvalue weighted by atomic mass is 16.4. The molecule has 8 atom stereocenters. The van der Waals surface area contributed by atoms with E-state index in [1.807, 2.05) is 13.8 Å². The highest BCUT2D eigenvalue weighted by molar-refractivity contribution is 5.74. The second kappa shape index (κ2) is 7.52. The molecule has 0 radical (unpaired) electrons. The van der Waals surface area contributed by atoms with Gasteiger partial charge in [-0.1, -0.05) is 39.3 Å². The van der Waals surface area contributed by atoms with Crippen LogP contribution in [0.2, 0.25) is 0 Å². The lowest BCUT2D eigenvalue weighted by Crippen LogP contribution is -2.62. The molecule has 36 heavy (non-hydrogen) atoms. The van der Waals surface area contributed by atoms with Crippen molar-refractivity contribution >= 4 is 5.97 Å². The fraction of sp³-hybridized carbons (Fsp3) is 0.710. The molecule has 198 valence electrons. The molecule has 2 unspecified atom stereocenters. The van der Waals surface area contributed by atoms with Crippen LogP contribution >= 0.6 is 0 Å². The molecule has 3 saturated carbocycles. The molecule has 5 heteroatoms. The third-order valence-corrected chi connectivity index (χ3v) is 12.2. The molecule has 4 N–H and O–H groups in total. The van der Waals surface area contributed by atoms with Crippen molar-refractivity contribution in [1.29, 1.82) is 0 Å². The van der Waals surface area contributed by atoms with Crippen molar-refractivity contribution in [2.45, 2.75) is 111 Å². The van der Waals surface area contributed by atoms with Gasteiger partial charge in [0, 0.05) is 11.3 Å². The molecule has 4 aliphatic carbocycles. The van der Waals surface area contributed by atoms with Crippen LogP contribution in [0.5, 0.6) is 11.5 Å². The second-order valence-electron chi connectivity index (χ2n) is 14.0. The molecule has 5 rings (SSSR count). The van der Waals surface area contributed by atoms with Crippen LogP contribution in [0.4, 0.5) is 0 Å². The fourth-order valence-corrected chi connectivity index (χ4v) is 9.36. The second-order valence-corrected chi connectivity index (χ2v) is 14.0. The number of rotatable bonds is 2. The monoisotopic (exact) mass is 496 g/mol. The number of phenols is 2. The molecule has 0 saturated heterocycles. The number of phenolic OH excluding ortho intramolecular Hbond substituents is 2. The Morgan fingerprint density at radius 3 is 2.25 bits per heavy atom. The van der Waals surface area contributed by atoms with Crippen molar-refractivity contribution in [3.63, 3.8) is 0 Å². The molecule has 0 aromatic heterocycles. The number of allylic oxidation sites excluding steroid dienone is 1. The first-order valence-electron chi connectivity index (χ1n) is 13.7. The molecular weight excluding hydrogens is 452 g/mol. The lowest BCUT2D eigenvalue weighted by Gasteiger charge is -2.70. The van der Waals surface area contributed by atoms with Gasteiger partial charge in [-0.15, -0.1) is 0 Å². The van der Waals surface area contributed by atoms with E-state index in [1.54, 1.807) is 13.0 Å². The van der Waals surface area contributed by atoms with E-state index in [0.29, 0.717) is 17.9 Å². The first-order chi connectivity index (χ1) is 16.5. The van der Waals surface area contributed by atoms with E-state index in [2.05, 4.69) is 33.8 Å². The van der Waals surface area contributed by atoms with Gasteiger partial charge in [0.15, 0.2) is 11.5 Å². The maximum Gasteiger partial charge on any atom is 0.309 e. The van der Waals surface area contributed by atoms with Gasteiger partial charge in [-0.3, -0.25) is 4.79 Å². The summed E-state index contributed by atoms with van der Waals surface area (Å²) in [5, 5.41) is 42.3. The summed E-state index contributed by atoms with van der Waals surface area (Å²) in [5.41, 5.74) is 2.83. The minimum Gasteiger partial charge on any atom is -0.504 e. The van der Waals surface area contributed by atoms with E-state index in [0.717, 1.165) is 49.7 Å². The summed E-state index contributed by atoms with van der Waals surface area (Å²) in [4.78, 5) is 12.3. The number of fused-ring (bicyclic) bond motifs is 7. The number of carbonyl (C=O) groups is 1. The molecular formula is C31H44O5. The van der Waals surface area contributed by atoms with Crippen LogP contribution in [0.25, 0.3) is 0 Å². The van der Waals surface area contributed by atoms with Gasteiger partial charge in [0.2, 0.25) is 0 Å². The zero-order chi connectivity index (χ0) is 26.6. The van der Waals surface area contributed by atoms with Gasteiger partial charge in [0.1, 0.15) is 0 Å². The van der Waals surface area contributed by atoms with Crippen molar-refractivity contribution in [3.8, 4) is 11.5 Å². The molecule has 1 aromatic carbocycles. The summed E-state index contributed by atoms with van der Waals surface area (Å²) >= 11 is 0. The minimum absolute atomic E-state index is 0.0722. The number of hydrogen-bond acceptors (Lipinski definition) is 4. The minimum atomic E-state index is -0.692. The van der Waals surface area contributed by atoms with Crippen LogP contribution in [0.1, 0.15) is 109 Å². The average Bonchev–Trinajstić information content (AvgIpc) is 2.80. The maximum absolute atomic E-state index is 12.3. The largest absolute Gasteiger partial charge is 0.504 e. The first kappa shape index (κ1) is 25.6. The topological polar surface area (TPSA) is 98.0 Å². The Bertz CT molecular complexity index is 1170. The predicted molar refractivity (Wildman–Crippen MR) is 140 cm³/mol. The highest BCUT2D eigenvalue weighted by Crippen LogP contribution is 2.75. The normalized spacial score (nSPS) is 44.4. The van der Waals surface area contributed by atoms with Crippen LogP contribution in [0.15, 0.2) is 17.7 Å². The Morgan fingerprint density at radius 1 is 1.00 bits per heavy atom. The van der Waals surface area contributed by atoms with Crippen molar-refractivity contribution < 1.29 is 25.2 Å². The summed E-state index contributed by atoms with van der Waals surface area (Å²) in [7, 11) is 0. The number of carboxylic acids is 1. The van der Waals surface area contributed by atoms with Crippen LogP contribution in [-0.4, -0.2) is 32.5 Å². The average molecular weight is 497 g/mol. The van der Waals surface area contributed by atoms with E-state index in [-0.39, 0.29) is 39.1 Å². The van der Waals surface area contributed by atoms with Gasteiger partial charge in [0.25, 0.3) is 0 Å². The van der Waals surface area contributed by atoms with Gasteiger partial charge in [-0.05, 0) is 111 Å². The maximum atomic E-state index is 12.3. The molecule has 0 amide bonds. The third kappa shape index (κ3) is 3.01. The van der Waals surface area contributed by atoms with Crippen molar-refractivity contribution in [1.82, 2.24) is 0 Å². The smallest absolute Gasteiger partial charge is 0.309 e. The van der Waals surface area contributed by atoms with E-state index >= 15 is 0 Å². The van der Waals surface area contributed by atoms with Gasteiger partial charge >= 0.3 is 5.97 Å². The van der Waals surface area contributed by atoms with Crippen molar-refractivity contribution in [3.05, 3.63) is 34.4 Å². The van der Waals surface area contributed by atoms with Crippen LogP contribution in [-0.2, 0) is 10.2 Å². The van der Waals surface area contributed by atoms with Crippen molar-refractivity contribution in [2.24, 2.45) is 27.6 Å². The number of carboxylic acid groups (broad SMARTS) is 1. The van der Waals surface area contributed by atoms with Crippen LogP contribution < -0.4 is 0 Å². The van der Waals surface area contributed by atoms with E-state index in [4.69, 9.17) is 0 Å². The fourth-order valence-electron chi connectivity index (χ4n) is 9.36. The van der Waals surface area contributed by atoms with Gasteiger partial charge in [-0.25, -0.2) is 0 Å². The van der Waals surface area contributed by atoms with E-state index in [9.17, 15) is 25.2 Å². The zero-order valence-corrected chi connectivity index (χ0v) is 23.0. The van der Waals surface area contributed by atoms with Crippen molar-refractivity contribution in [2.75, 3.05) is 0 Å². The Labute approximate surface area is 215 Å². The molecule has 0 heterocycles. The number of benzene rings is 1. The number of aliphatic hydroxyl groups excluding tert-OH is 1. The molecule has 5 nitrogen and oxygen atoms in total. The summed E-state index contributed by atoms with van der Waals surface area (Å²) < 4.78 is 0. The quantitative estimate of drug-likeness (QED) is 0.274. The Balaban J connectivity index is 1.70. The molecule has 3 fully saturated rings. The summed E-state index contributed by atoms with van der Waals surface area (Å²) in [6.07, 6.45) is 8.02. The molecule has 0 spiro atoms. The standard InChI is InChI=1S/C31H44O5/c1-17-24-19(18(2)32)14-22-29(5,20(24)15-21(33)25(17)34)11-13-31(7)23-16-28(4,26(35)36)9-8-27(23,3)10-12-30(22,31)6/h14-15,18-19,23,32-34H,8-13,16H2,1-7H3,(H,35,36)/t18?,19?,23-,27-,28-,29+,30-,31+/m1/s1. The zero-order valence-electron chi connectivity index (χ0n) is 23.0. The SMILES string of the molecule is Cc1c(O)c(O)cc2c1C(C(C)O)C=C1[C@@]2(C)CC[C@@]2(C)[C@@H]3C[C@](C)(C(=O)O)CC[C@]3(C)CC[C@]12C. The number of aromatic hydroxyl groups is 2. The summed E-state index contributed by atoms with van der Waals surface area (Å²) in [5.74, 6) is -0.845. The van der Waals surface area contributed by atoms with Gasteiger partial charge in [0.05, 0.1) is 11.5 Å². The number of aliphatic carboxylic acids is 1. The molecule has 0 aliphatic heterocycles. The van der Waals surface area contributed by atoms with Gasteiger partial charge < -0.3 is 20.4 Å².